The van der Waals surface area contributed by atoms with Crippen molar-refractivity contribution in [3.63, 3.8) is 0 Å². The van der Waals surface area contributed by atoms with Gasteiger partial charge in [0.25, 0.3) is 0 Å². The van der Waals surface area contributed by atoms with E-state index in [0.29, 0.717) is 12.4 Å². The van der Waals surface area contributed by atoms with Gasteiger partial charge in [0.15, 0.2) is 0 Å². The Kier molecular flexibility index (Phi) is 6.51. The molecule has 1 heterocycles. The van der Waals surface area contributed by atoms with Crippen LogP contribution in [0.25, 0.3) is 0 Å². The highest BCUT2D eigenvalue weighted by Crippen LogP contribution is 2.21. The molecule has 0 spiro atoms. The molecule has 1 amide bonds. The molecule has 0 bridgehead atoms. The molecule has 30 heavy (non-hydrogen) atoms. The molecule has 1 aromatic heterocycles. The summed E-state index contributed by atoms with van der Waals surface area (Å²) in [4.78, 5) is 23.2. The minimum Gasteiger partial charge on any atom is -0.496 e. The van der Waals surface area contributed by atoms with Gasteiger partial charge in [-0.3, -0.25) is 4.79 Å². The predicted molar refractivity (Wildman–Crippen MR) is 121 cm³/mol. The average Bonchev–Trinajstić information content (AvgIpc) is 2.69. The summed E-state index contributed by atoms with van der Waals surface area (Å²) >= 11 is 0. The van der Waals surface area contributed by atoms with Crippen LogP contribution in [0, 0.1) is 13.8 Å². The van der Waals surface area contributed by atoms with Crippen LogP contribution in [0.5, 0.6) is 5.75 Å². The van der Waals surface area contributed by atoms with Gasteiger partial charge in [0, 0.05) is 37.2 Å². The van der Waals surface area contributed by atoms with Gasteiger partial charge < -0.3 is 20.3 Å². The number of ether oxygens (including phenoxy) is 1. The van der Waals surface area contributed by atoms with Crippen LogP contribution in [-0.2, 0) is 11.2 Å². The highest BCUT2D eigenvalue weighted by Gasteiger charge is 2.08. The van der Waals surface area contributed by atoms with E-state index in [1.54, 1.807) is 7.11 Å². The number of hydrogen-bond donors (Lipinski definition) is 2. The van der Waals surface area contributed by atoms with Gasteiger partial charge in [0.2, 0.25) is 11.9 Å². The summed E-state index contributed by atoms with van der Waals surface area (Å²) in [5, 5.41) is 6.13. The summed E-state index contributed by atoms with van der Waals surface area (Å²) in [6.45, 7) is 3.90. The molecule has 0 radical (unpaired) electrons. The Bertz CT molecular complexity index is 1030. The molecule has 3 aromatic rings. The van der Waals surface area contributed by atoms with E-state index in [-0.39, 0.29) is 5.91 Å². The van der Waals surface area contributed by atoms with Crippen molar-refractivity contribution in [3.05, 3.63) is 65.4 Å². The molecule has 0 saturated carbocycles. The number of hydrogen-bond acceptors (Lipinski definition) is 6. The Morgan fingerprint density at radius 1 is 1.00 bits per heavy atom. The van der Waals surface area contributed by atoms with E-state index in [2.05, 4.69) is 20.6 Å². The SMILES string of the molecule is COc1ccc(CC(=O)Nc2ccc(Nc3nc(C)cc(N(C)C)n3)cc2)cc1C. The second-order valence-corrected chi connectivity index (χ2v) is 7.32. The average molecular weight is 406 g/mol. The second kappa shape index (κ2) is 9.26. The summed E-state index contributed by atoms with van der Waals surface area (Å²) in [5.41, 5.74) is 4.41. The molecule has 0 unspecified atom stereocenters. The van der Waals surface area contributed by atoms with Gasteiger partial charge in [0.1, 0.15) is 11.6 Å². The van der Waals surface area contributed by atoms with Crippen LogP contribution in [0.15, 0.2) is 48.5 Å². The third-order valence-electron chi connectivity index (χ3n) is 4.55. The highest BCUT2D eigenvalue weighted by molar-refractivity contribution is 5.92. The summed E-state index contributed by atoms with van der Waals surface area (Å²) in [5.74, 6) is 2.11. The molecule has 2 aromatic carbocycles. The van der Waals surface area contributed by atoms with Gasteiger partial charge >= 0.3 is 0 Å². The van der Waals surface area contributed by atoms with E-state index in [9.17, 15) is 4.79 Å². The lowest BCUT2D eigenvalue weighted by molar-refractivity contribution is -0.115. The van der Waals surface area contributed by atoms with E-state index >= 15 is 0 Å². The van der Waals surface area contributed by atoms with E-state index in [1.807, 2.05) is 81.4 Å². The zero-order valence-corrected chi connectivity index (χ0v) is 18.0. The topological polar surface area (TPSA) is 79.4 Å². The van der Waals surface area contributed by atoms with E-state index in [4.69, 9.17) is 4.74 Å². The molecule has 7 heteroatoms. The standard InChI is InChI=1S/C23H27N5O2/c1-15-12-17(6-11-20(15)30-5)14-22(29)25-18-7-9-19(10-8-18)26-23-24-16(2)13-21(27-23)28(3)4/h6-13H,14H2,1-5H3,(H,25,29)(H,24,26,27). The fourth-order valence-corrected chi connectivity index (χ4v) is 3.04. The second-order valence-electron chi connectivity index (χ2n) is 7.32. The first-order chi connectivity index (χ1) is 14.3. The Morgan fingerprint density at radius 2 is 1.70 bits per heavy atom. The first-order valence-electron chi connectivity index (χ1n) is 9.67. The largest absolute Gasteiger partial charge is 0.496 e. The van der Waals surface area contributed by atoms with Gasteiger partial charge in [-0.15, -0.1) is 0 Å². The smallest absolute Gasteiger partial charge is 0.229 e. The fraction of sp³-hybridized carbons (Fsp3) is 0.261. The molecule has 0 aliphatic carbocycles. The number of aromatic nitrogens is 2. The lowest BCUT2D eigenvalue weighted by Crippen LogP contribution is -2.14. The quantitative estimate of drug-likeness (QED) is 0.616. The number of nitrogens with one attached hydrogen (secondary N) is 2. The summed E-state index contributed by atoms with van der Waals surface area (Å²) in [7, 11) is 5.52. The van der Waals surface area contributed by atoms with Crippen molar-refractivity contribution < 1.29 is 9.53 Å². The number of aryl methyl sites for hydroxylation is 2. The zero-order chi connectivity index (χ0) is 21.7. The van der Waals surface area contributed by atoms with Crippen molar-refractivity contribution in [1.29, 1.82) is 0 Å². The van der Waals surface area contributed by atoms with Crippen molar-refractivity contribution in [2.45, 2.75) is 20.3 Å². The molecule has 2 N–H and O–H groups in total. The van der Waals surface area contributed by atoms with Gasteiger partial charge in [-0.1, -0.05) is 12.1 Å². The van der Waals surface area contributed by atoms with Crippen LogP contribution in [0.1, 0.15) is 16.8 Å². The van der Waals surface area contributed by atoms with Crippen molar-refractivity contribution in [2.75, 3.05) is 36.7 Å². The molecule has 0 aliphatic rings. The third-order valence-corrected chi connectivity index (χ3v) is 4.55. The number of nitrogens with zero attached hydrogens (tertiary/aromatic N) is 3. The molecule has 0 aliphatic heterocycles. The summed E-state index contributed by atoms with van der Waals surface area (Å²) < 4.78 is 5.26. The number of rotatable bonds is 7. The van der Waals surface area contributed by atoms with Crippen LogP contribution in [0.3, 0.4) is 0 Å². The van der Waals surface area contributed by atoms with Gasteiger partial charge in [-0.25, -0.2) is 4.98 Å². The summed E-state index contributed by atoms with van der Waals surface area (Å²) in [6.07, 6.45) is 0.301. The number of anilines is 4. The number of amides is 1. The first kappa shape index (κ1) is 21.1. The molecular formula is C23H27N5O2. The Hall–Kier alpha value is -3.61. The predicted octanol–water partition coefficient (Wildman–Crippen LogP) is 4.09. The fourth-order valence-electron chi connectivity index (χ4n) is 3.04. The number of benzene rings is 2. The first-order valence-corrected chi connectivity index (χ1v) is 9.67. The van der Waals surface area contributed by atoms with E-state index in [1.165, 1.54) is 0 Å². The van der Waals surface area contributed by atoms with Crippen molar-refractivity contribution in [2.24, 2.45) is 0 Å². The normalized spacial score (nSPS) is 10.4. The molecule has 7 nitrogen and oxygen atoms in total. The minimum atomic E-state index is -0.0714. The highest BCUT2D eigenvalue weighted by atomic mass is 16.5. The lowest BCUT2D eigenvalue weighted by atomic mass is 10.1. The number of carbonyl (C=O) groups excluding carboxylic acids is 1. The Labute approximate surface area is 177 Å². The molecule has 0 saturated heterocycles. The monoisotopic (exact) mass is 405 g/mol. The van der Waals surface area contributed by atoms with Crippen LogP contribution < -0.4 is 20.3 Å². The zero-order valence-electron chi connectivity index (χ0n) is 18.0. The van der Waals surface area contributed by atoms with E-state index < -0.39 is 0 Å². The maximum absolute atomic E-state index is 12.4. The Balaban J connectivity index is 1.62. The van der Waals surface area contributed by atoms with Crippen molar-refractivity contribution in [1.82, 2.24) is 9.97 Å². The molecular weight excluding hydrogens is 378 g/mol. The maximum atomic E-state index is 12.4. The number of methoxy groups -OCH3 is 1. The van der Waals surface area contributed by atoms with Crippen LogP contribution >= 0.6 is 0 Å². The maximum Gasteiger partial charge on any atom is 0.229 e. The van der Waals surface area contributed by atoms with Crippen LogP contribution in [0.4, 0.5) is 23.1 Å². The molecule has 156 valence electrons. The van der Waals surface area contributed by atoms with Gasteiger partial charge in [-0.05, 0) is 55.3 Å². The molecule has 0 fully saturated rings. The molecule has 0 atom stereocenters. The Morgan fingerprint density at radius 3 is 2.33 bits per heavy atom. The van der Waals surface area contributed by atoms with Crippen LogP contribution in [0.2, 0.25) is 0 Å². The van der Waals surface area contributed by atoms with Crippen LogP contribution in [-0.4, -0.2) is 37.1 Å². The van der Waals surface area contributed by atoms with E-state index in [0.717, 1.165) is 39.8 Å². The van der Waals surface area contributed by atoms with Gasteiger partial charge in [0.05, 0.1) is 13.5 Å². The molecule has 3 rings (SSSR count). The lowest BCUT2D eigenvalue weighted by Gasteiger charge is -2.14. The minimum absolute atomic E-state index is 0.0714. The van der Waals surface area contributed by atoms with Crippen molar-refractivity contribution >= 4 is 29.0 Å². The third kappa shape index (κ3) is 5.47. The van der Waals surface area contributed by atoms with Crippen molar-refractivity contribution in [3.8, 4) is 5.75 Å². The van der Waals surface area contributed by atoms with Gasteiger partial charge in [-0.2, -0.15) is 4.98 Å². The number of carbonyl (C=O) groups is 1. The summed E-state index contributed by atoms with van der Waals surface area (Å²) in [6, 6.07) is 15.1.